The maximum Gasteiger partial charge on any atom is 0.0617 e. The zero-order chi connectivity index (χ0) is 12.3. The molecule has 0 spiro atoms. The van der Waals surface area contributed by atoms with Crippen molar-refractivity contribution < 1.29 is 4.74 Å². The fourth-order valence-electron chi connectivity index (χ4n) is 2.24. The molecule has 1 aliphatic rings. The fraction of sp³-hybridized carbons (Fsp3) is 0.571. The predicted octanol–water partition coefficient (Wildman–Crippen LogP) is 4.06. The average Bonchev–Trinajstić information content (AvgIpc) is 2.29. The van der Waals surface area contributed by atoms with Crippen LogP contribution in [0.5, 0.6) is 0 Å². The Bertz CT molecular complexity index is 367. The molecule has 1 N–H and O–H groups in total. The summed E-state index contributed by atoms with van der Waals surface area (Å²) in [6, 6.07) is 8.88. The first-order valence-electron chi connectivity index (χ1n) is 6.29. The number of hydrogen-bond donors (Lipinski definition) is 1. The van der Waals surface area contributed by atoms with E-state index in [1.54, 1.807) is 0 Å². The molecule has 0 bridgehead atoms. The Morgan fingerprint density at radius 2 is 2.24 bits per heavy atom. The van der Waals surface area contributed by atoms with Gasteiger partial charge in [-0.05, 0) is 37.0 Å². The quantitative estimate of drug-likeness (QED) is 0.908. The lowest BCUT2D eigenvalue weighted by Crippen LogP contribution is -2.36. The van der Waals surface area contributed by atoms with Gasteiger partial charge in [-0.2, -0.15) is 0 Å². The van der Waals surface area contributed by atoms with Crippen molar-refractivity contribution in [1.82, 2.24) is 0 Å². The van der Waals surface area contributed by atoms with Crippen LogP contribution in [-0.4, -0.2) is 18.8 Å². The molecule has 0 radical (unpaired) electrons. The van der Waals surface area contributed by atoms with Gasteiger partial charge in [-0.3, -0.25) is 0 Å². The number of benzene rings is 1. The van der Waals surface area contributed by atoms with E-state index >= 15 is 0 Å². The summed E-state index contributed by atoms with van der Waals surface area (Å²) < 4.78 is 6.90. The van der Waals surface area contributed by atoms with Gasteiger partial charge in [0.1, 0.15) is 0 Å². The Morgan fingerprint density at radius 1 is 1.41 bits per heavy atom. The van der Waals surface area contributed by atoms with Gasteiger partial charge in [0, 0.05) is 22.8 Å². The molecule has 1 aromatic rings. The van der Waals surface area contributed by atoms with E-state index in [1.165, 1.54) is 5.69 Å². The zero-order valence-electron chi connectivity index (χ0n) is 10.4. The number of ether oxygens (including phenoxy) is 1. The number of rotatable bonds is 3. The van der Waals surface area contributed by atoms with Crippen molar-refractivity contribution in [2.24, 2.45) is 5.92 Å². The molecule has 0 saturated carbocycles. The van der Waals surface area contributed by atoms with Gasteiger partial charge in [0.05, 0.1) is 6.10 Å². The molecule has 3 heteroatoms. The first-order valence-corrected chi connectivity index (χ1v) is 7.08. The lowest BCUT2D eigenvalue weighted by Gasteiger charge is -2.33. The molecular weight excluding hydrogens is 278 g/mol. The van der Waals surface area contributed by atoms with Crippen molar-refractivity contribution in [3.63, 3.8) is 0 Å². The molecular formula is C14H20BrNO. The Morgan fingerprint density at radius 3 is 2.94 bits per heavy atom. The SMILES string of the molecule is CC(C)C1CC(Nc2cccc(Br)c2)CCO1. The number of halogens is 1. The molecule has 1 aromatic carbocycles. The standard InChI is InChI=1S/C14H20BrNO/c1-10(2)14-9-13(6-7-17-14)16-12-5-3-4-11(15)8-12/h3-5,8,10,13-14,16H,6-7,9H2,1-2H3. The van der Waals surface area contributed by atoms with Crippen LogP contribution in [0.1, 0.15) is 26.7 Å². The molecule has 1 saturated heterocycles. The molecule has 94 valence electrons. The molecule has 0 amide bonds. The van der Waals surface area contributed by atoms with Gasteiger partial charge in [-0.15, -0.1) is 0 Å². The third kappa shape index (κ3) is 3.71. The highest BCUT2D eigenvalue weighted by atomic mass is 79.9. The van der Waals surface area contributed by atoms with E-state index in [1.807, 2.05) is 6.07 Å². The van der Waals surface area contributed by atoms with Crippen molar-refractivity contribution >= 4 is 21.6 Å². The summed E-state index contributed by atoms with van der Waals surface area (Å²) in [5, 5.41) is 3.60. The highest BCUT2D eigenvalue weighted by Gasteiger charge is 2.24. The predicted molar refractivity (Wildman–Crippen MR) is 75.4 cm³/mol. The van der Waals surface area contributed by atoms with Crippen molar-refractivity contribution in [1.29, 1.82) is 0 Å². The van der Waals surface area contributed by atoms with Gasteiger partial charge < -0.3 is 10.1 Å². The summed E-state index contributed by atoms with van der Waals surface area (Å²) in [6.45, 7) is 5.33. The normalized spacial score (nSPS) is 24.9. The van der Waals surface area contributed by atoms with Crippen LogP contribution in [0.3, 0.4) is 0 Å². The van der Waals surface area contributed by atoms with Crippen LogP contribution in [0, 0.1) is 5.92 Å². The van der Waals surface area contributed by atoms with Crippen molar-refractivity contribution in [2.45, 2.75) is 38.8 Å². The van der Waals surface area contributed by atoms with E-state index in [0.717, 1.165) is 23.9 Å². The van der Waals surface area contributed by atoms with Crippen molar-refractivity contribution in [3.8, 4) is 0 Å². The van der Waals surface area contributed by atoms with Gasteiger partial charge in [0.15, 0.2) is 0 Å². The molecule has 2 atom stereocenters. The highest BCUT2D eigenvalue weighted by molar-refractivity contribution is 9.10. The van der Waals surface area contributed by atoms with Gasteiger partial charge in [0.25, 0.3) is 0 Å². The Balaban J connectivity index is 1.94. The second-order valence-corrected chi connectivity index (χ2v) is 5.94. The van der Waals surface area contributed by atoms with E-state index in [4.69, 9.17) is 4.74 Å². The molecule has 1 aliphatic heterocycles. The Labute approximate surface area is 112 Å². The summed E-state index contributed by atoms with van der Waals surface area (Å²) in [5.74, 6) is 0.599. The van der Waals surface area contributed by atoms with Gasteiger partial charge in [-0.1, -0.05) is 35.8 Å². The topological polar surface area (TPSA) is 21.3 Å². The molecule has 2 unspecified atom stereocenters. The number of anilines is 1. The van der Waals surface area contributed by atoms with E-state index in [2.05, 4.69) is 53.3 Å². The van der Waals surface area contributed by atoms with Gasteiger partial charge in [-0.25, -0.2) is 0 Å². The third-order valence-electron chi connectivity index (χ3n) is 3.25. The van der Waals surface area contributed by atoms with E-state index in [0.29, 0.717) is 18.1 Å². The molecule has 1 heterocycles. The summed E-state index contributed by atoms with van der Waals surface area (Å²) in [4.78, 5) is 0. The minimum Gasteiger partial charge on any atom is -0.382 e. The van der Waals surface area contributed by atoms with Crippen molar-refractivity contribution in [2.75, 3.05) is 11.9 Å². The van der Waals surface area contributed by atoms with Crippen LogP contribution in [0.15, 0.2) is 28.7 Å². The summed E-state index contributed by atoms with van der Waals surface area (Å²) in [5.41, 5.74) is 1.19. The van der Waals surface area contributed by atoms with Crippen LogP contribution in [0.25, 0.3) is 0 Å². The first-order chi connectivity index (χ1) is 8.15. The van der Waals surface area contributed by atoms with Crippen molar-refractivity contribution in [3.05, 3.63) is 28.7 Å². The van der Waals surface area contributed by atoms with Crippen LogP contribution < -0.4 is 5.32 Å². The summed E-state index contributed by atoms with van der Waals surface area (Å²) >= 11 is 3.50. The van der Waals surface area contributed by atoms with Gasteiger partial charge >= 0.3 is 0 Å². The molecule has 2 nitrogen and oxygen atoms in total. The second kappa shape index (κ2) is 5.87. The maximum atomic E-state index is 5.78. The fourth-order valence-corrected chi connectivity index (χ4v) is 2.64. The molecule has 0 aliphatic carbocycles. The van der Waals surface area contributed by atoms with E-state index < -0.39 is 0 Å². The average molecular weight is 298 g/mol. The molecule has 2 rings (SSSR count). The first kappa shape index (κ1) is 12.9. The second-order valence-electron chi connectivity index (χ2n) is 5.03. The lowest BCUT2D eigenvalue weighted by molar-refractivity contribution is -0.0160. The summed E-state index contributed by atoms with van der Waals surface area (Å²) in [7, 11) is 0. The van der Waals surface area contributed by atoms with E-state index in [9.17, 15) is 0 Å². The van der Waals surface area contributed by atoms with Crippen LogP contribution in [-0.2, 0) is 4.74 Å². The van der Waals surface area contributed by atoms with Crippen LogP contribution in [0.4, 0.5) is 5.69 Å². The Hall–Kier alpha value is -0.540. The van der Waals surface area contributed by atoms with Gasteiger partial charge in [0.2, 0.25) is 0 Å². The zero-order valence-corrected chi connectivity index (χ0v) is 12.0. The molecule has 17 heavy (non-hydrogen) atoms. The largest absolute Gasteiger partial charge is 0.382 e. The van der Waals surface area contributed by atoms with Crippen LogP contribution >= 0.6 is 15.9 Å². The molecule has 1 fully saturated rings. The molecule has 0 aromatic heterocycles. The Kier molecular flexibility index (Phi) is 4.46. The number of nitrogens with one attached hydrogen (secondary N) is 1. The van der Waals surface area contributed by atoms with E-state index in [-0.39, 0.29) is 0 Å². The summed E-state index contributed by atoms with van der Waals surface area (Å²) in [6.07, 6.45) is 2.59. The monoisotopic (exact) mass is 297 g/mol. The smallest absolute Gasteiger partial charge is 0.0617 e. The third-order valence-corrected chi connectivity index (χ3v) is 3.75. The lowest BCUT2D eigenvalue weighted by atomic mass is 9.95. The van der Waals surface area contributed by atoms with Crippen LogP contribution in [0.2, 0.25) is 0 Å². The maximum absolute atomic E-state index is 5.78. The highest BCUT2D eigenvalue weighted by Crippen LogP contribution is 2.24. The number of hydrogen-bond acceptors (Lipinski definition) is 2. The minimum absolute atomic E-state index is 0.397. The minimum atomic E-state index is 0.397.